The van der Waals surface area contributed by atoms with Gasteiger partial charge in [-0.05, 0) is 49.5 Å². The molecule has 9 nitrogen and oxygen atoms in total. The highest BCUT2D eigenvalue weighted by molar-refractivity contribution is 5.95. The summed E-state index contributed by atoms with van der Waals surface area (Å²) in [6.45, 7) is 14.5. The van der Waals surface area contributed by atoms with E-state index in [1.807, 2.05) is 39.8 Å². The number of methoxy groups -OCH3 is 1. The molecule has 3 N–H and O–H groups in total. The van der Waals surface area contributed by atoms with Gasteiger partial charge in [0.2, 0.25) is 6.29 Å². The van der Waals surface area contributed by atoms with E-state index < -0.39 is 87.5 Å². The quantitative estimate of drug-likeness (QED) is 0.335. The van der Waals surface area contributed by atoms with E-state index in [2.05, 4.69) is 6.92 Å². The van der Waals surface area contributed by atoms with Crippen LogP contribution in [-0.2, 0) is 28.6 Å². The molecule has 12 atom stereocenters. The topological polar surface area (TPSA) is 140 Å². The van der Waals surface area contributed by atoms with Gasteiger partial charge in [-0.2, -0.15) is 0 Å². The molecule has 0 bridgehead atoms. The first kappa shape index (κ1) is 31.5. The summed E-state index contributed by atoms with van der Waals surface area (Å²) in [5, 5.41) is 35.0. The van der Waals surface area contributed by atoms with Gasteiger partial charge >= 0.3 is 5.97 Å². The van der Waals surface area contributed by atoms with Crippen LogP contribution in [0.3, 0.4) is 0 Å². The summed E-state index contributed by atoms with van der Waals surface area (Å²) in [7, 11) is 1.58. The summed E-state index contributed by atoms with van der Waals surface area (Å²) in [5.74, 6) is -2.70. The molecule has 0 aromatic carbocycles. The third-order valence-electron chi connectivity index (χ3n) is 12.1. The molecule has 234 valence electrons. The summed E-state index contributed by atoms with van der Waals surface area (Å²) < 4.78 is 17.9. The van der Waals surface area contributed by atoms with Gasteiger partial charge in [-0.1, -0.05) is 52.3 Å². The Morgan fingerprint density at radius 2 is 1.69 bits per heavy atom. The lowest BCUT2D eigenvalue weighted by atomic mass is 9.37. The summed E-state index contributed by atoms with van der Waals surface area (Å²) >= 11 is 0. The molecule has 5 aliphatic rings. The van der Waals surface area contributed by atoms with Gasteiger partial charge in [0.05, 0.1) is 23.9 Å². The van der Waals surface area contributed by atoms with Crippen molar-refractivity contribution in [2.24, 2.45) is 45.3 Å². The fourth-order valence-corrected chi connectivity index (χ4v) is 10.3. The molecule has 0 radical (unpaired) electrons. The largest absolute Gasteiger partial charge is 0.436 e. The Hall–Kier alpha value is -1.91. The maximum Gasteiger partial charge on any atom is 0.304 e. The second-order valence-electron chi connectivity index (χ2n) is 15.3. The normalized spacial score (nSPS) is 49.3. The lowest BCUT2D eigenvalue weighted by molar-refractivity contribution is -0.245. The van der Waals surface area contributed by atoms with Crippen molar-refractivity contribution in [2.75, 3.05) is 7.11 Å². The molecule has 1 aliphatic heterocycles. The molecule has 0 aromatic heterocycles. The van der Waals surface area contributed by atoms with E-state index in [4.69, 9.17) is 14.2 Å². The van der Waals surface area contributed by atoms with Gasteiger partial charge in [0, 0.05) is 49.0 Å². The zero-order valence-corrected chi connectivity index (χ0v) is 26.3. The number of hydrogen-bond acceptors (Lipinski definition) is 9. The highest BCUT2D eigenvalue weighted by atomic mass is 16.7. The molecule has 5 rings (SSSR count). The van der Waals surface area contributed by atoms with Crippen LogP contribution >= 0.6 is 0 Å². The number of Topliss-reactive ketones (excluding diaryl/α,β-unsaturated/α-hetero) is 1. The van der Waals surface area contributed by atoms with Crippen LogP contribution in [0.1, 0.15) is 74.7 Å². The summed E-state index contributed by atoms with van der Waals surface area (Å²) in [6.07, 6.45) is 1.40. The van der Waals surface area contributed by atoms with Gasteiger partial charge < -0.3 is 29.5 Å². The predicted octanol–water partition coefficient (Wildman–Crippen LogP) is 3.14. The SMILES string of the molecule is CO[C@@H]1C=C2[C@]3(C)[C@H](O)C[C@H]4C(C)(C)C(=O)C=C[C@]4(C)[C@H]3[C@H](O)C[C@@]2(C)[C@@H]1[C@H]1CC(=O)[C@H](O)C(C)(C)O[C@@H]1OC(C)=O. The number of esters is 1. The van der Waals surface area contributed by atoms with Crippen LogP contribution in [0.5, 0.6) is 0 Å². The van der Waals surface area contributed by atoms with Gasteiger partial charge in [-0.25, -0.2) is 0 Å². The van der Waals surface area contributed by atoms with Crippen LogP contribution in [0.15, 0.2) is 23.8 Å². The highest BCUT2D eigenvalue weighted by Gasteiger charge is 2.71. The average molecular weight is 589 g/mol. The van der Waals surface area contributed by atoms with Gasteiger partial charge in [-0.3, -0.25) is 14.4 Å². The molecule has 0 amide bonds. The number of allylic oxidation sites excluding steroid dienone is 2. The summed E-state index contributed by atoms with van der Waals surface area (Å²) in [4.78, 5) is 38.5. The molecule has 0 spiro atoms. The standard InChI is InChI=1S/C33H48O9/c1-16(34)41-28-17(12-18(35)27(39)30(4,5)42-28)25-20(40-9)13-22-32(25,7)15-19(36)26-31(6)11-10-23(37)29(2,3)21(31)14-24(38)33(22,26)8/h10-11,13,17,19-21,24-28,36,38-39H,12,14-15H2,1-9H3/t17-,19-,20-,21+,24-,25-,26-,27+,28+,31+,32-,33-/m1/s1. The van der Waals surface area contributed by atoms with Gasteiger partial charge in [-0.15, -0.1) is 0 Å². The minimum Gasteiger partial charge on any atom is -0.436 e. The van der Waals surface area contributed by atoms with Crippen LogP contribution in [0.2, 0.25) is 0 Å². The molecule has 4 aliphatic carbocycles. The predicted molar refractivity (Wildman–Crippen MR) is 153 cm³/mol. The molecule has 1 saturated heterocycles. The van der Waals surface area contributed by atoms with Crippen molar-refractivity contribution in [1.29, 1.82) is 0 Å². The summed E-state index contributed by atoms with van der Waals surface area (Å²) in [5.41, 5.74) is -3.27. The Labute approximate surface area is 248 Å². The third kappa shape index (κ3) is 4.17. The number of ether oxygens (including phenoxy) is 3. The van der Waals surface area contributed by atoms with Crippen LogP contribution in [0.4, 0.5) is 0 Å². The maximum absolute atomic E-state index is 13.3. The van der Waals surface area contributed by atoms with Gasteiger partial charge in [0.15, 0.2) is 11.6 Å². The van der Waals surface area contributed by atoms with Crippen molar-refractivity contribution in [3.05, 3.63) is 23.8 Å². The number of aliphatic hydroxyl groups is 3. The molecule has 42 heavy (non-hydrogen) atoms. The Balaban J connectivity index is 1.64. The Kier molecular flexibility index (Phi) is 7.35. The summed E-state index contributed by atoms with van der Waals surface area (Å²) in [6, 6.07) is 0. The molecule has 3 fully saturated rings. The second kappa shape index (κ2) is 9.80. The maximum atomic E-state index is 13.3. The lowest BCUT2D eigenvalue weighted by Gasteiger charge is -2.67. The monoisotopic (exact) mass is 588 g/mol. The number of carbonyl (C=O) groups excluding carboxylic acids is 3. The third-order valence-corrected chi connectivity index (χ3v) is 12.1. The second-order valence-corrected chi connectivity index (χ2v) is 15.3. The Morgan fingerprint density at radius 3 is 2.29 bits per heavy atom. The van der Waals surface area contributed by atoms with Crippen molar-refractivity contribution in [2.45, 2.75) is 111 Å². The van der Waals surface area contributed by atoms with Gasteiger partial charge in [0.1, 0.15) is 6.10 Å². The molecular weight excluding hydrogens is 540 g/mol. The number of aliphatic hydroxyl groups excluding tert-OH is 3. The molecular formula is C33H48O9. The Morgan fingerprint density at radius 1 is 1.05 bits per heavy atom. The minimum atomic E-state index is -1.41. The number of fused-ring (bicyclic) bond motifs is 5. The fraction of sp³-hybridized carbons (Fsp3) is 0.788. The van der Waals surface area contributed by atoms with E-state index in [0.717, 1.165) is 5.57 Å². The van der Waals surface area contributed by atoms with Crippen LogP contribution < -0.4 is 0 Å². The van der Waals surface area contributed by atoms with Gasteiger partial charge in [0.25, 0.3) is 0 Å². The number of ketones is 2. The lowest BCUT2D eigenvalue weighted by Crippen LogP contribution is -2.67. The van der Waals surface area contributed by atoms with Crippen molar-refractivity contribution in [3.63, 3.8) is 0 Å². The molecule has 0 aromatic rings. The first-order valence-corrected chi connectivity index (χ1v) is 15.2. The smallest absolute Gasteiger partial charge is 0.304 e. The number of rotatable bonds is 3. The van der Waals surface area contributed by atoms with E-state index in [1.165, 1.54) is 6.92 Å². The van der Waals surface area contributed by atoms with Crippen molar-refractivity contribution in [3.8, 4) is 0 Å². The molecule has 9 heteroatoms. The van der Waals surface area contributed by atoms with E-state index in [0.29, 0.717) is 12.8 Å². The van der Waals surface area contributed by atoms with E-state index in [1.54, 1.807) is 27.0 Å². The van der Waals surface area contributed by atoms with Crippen LogP contribution in [0.25, 0.3) is 0 Å². The van der Waals surface area contributed by atoms with Crippen molar-refractivity contribution >= 4 is 17.5 Å². The molecule has 2 saturated carbocycles. The minimum absolute atomic E-state index is 0.0233. The van der Waals surface area contributed by atoms with Crippen molar-refractivity contribution < 1.29 is 43.9 Å². The van der Waals surface area contributed by atoms with Crippen LogP contribution in [0, 0.1) is 45.3 Å². The van der Waals surface area contributed by atoms with E-state index >= 15 is 0 Å². The first-order valence-electron chi connectivity index (χ1n) is 15.2. The zero-order chi connectivity index (χ0) is 31.4. The number of carbonyl (C=O) groups is 3. The van der Waals surface area contributed by atoms with E-state index in [9.17, 15) is 29.7 Å². The van der Waals surface area contributed by atoms with Crippen molar-refractivity contribution in [1.82, 2.24) is 0 Å². The first-order chi connectivity index (χ1) is 19.3. The molecule has 0 unspecified atom stereocenters. The average Bonchev–Trinajstić information content (AvgIpc) is 3.14. The Bertz CT molecular complexity index is 1230. The fourth-order valence-electron chi connectivity index (χ4n) is 10.3. The zero-order valence-electron chi connectivity index (χ0n) is 26.3. The molecule has 1 heterocycles. The van der Waals surface area contributed by atoms with E-state index in [-0.39, 0.29) is 18.1 Å². The number of hydrogen-bond donors (Lipinski definition) is 3. The van der Waals surface area contributed by atoms with Crippen LogP contribution in [-0.4, -0.2) is 76.3 Å². The highest BCUT2D eigenvalue weighted by Crippen LogP contribution is 2.72.